The van der Waals surface area contributed by atoms with Gasteiger partial charge in [-0.25, -0.2) is 0 Å². The fraction of sp³-hybridized carbons (Fsp3) is 0.250. The average molecular weight is 304 g/mol. The van der Waals surface area contributed by atoms with Crippen LogP contribution in [0.2, 0.25) is 0 Å². The second kappa shape index (κ2) is 5.58. The van der Waals surface area contributed by atoms with Gasteiger partial charge >= 0.3 is 0 Å². The van der Waals surface area contributed by atoms with E-state index in [0.717, 1.165) is 31.5 Å². The predicted octanol–water partition coefficient (Wildman–Crippen LogP) is 3.72. The molecule has 0 saturated heterocycles. The van der Waals surface area contributed by atoms with Crippen LogP contribution in [-0.2, 0) is 12.8 Å². The van der Waals surface area contributed by atoms with Crippen molar-refractivity contribution in [2.45, 2.75) is 19.8 Å². The number of carbonyl (C=O) groups excluding carboxylic acids is 1. The summed E-state index contributed by atoms with van der Waals surface area (Å²) in [6.45, 7) is 3.59. The lowest BCUT2D eigenvalue weighted by Gasteiger charge is -2.20. The molecule has 0 fully saturated rings. The molecule has 1 aliphatic heterocycles. The monoisotopic (exact) mass is 304 g/mol. The molecule has 0 bridgehead atoms. The number of rotatable bonds is 1. The highest BCUT2D eigenvalue weighted by atomic mass is 16.2. The van der Waals surface area contributed by atoms with E-state index in [1.54, 1.807) is 0 Å². The molecule has 23 heavy (non-hydrogen) atoms. The second-order valence-corrected chi connectivity index (χ2v) is 6.29. The van der Waals surface area contributed by atoms with Gasteiger partial charge in [-0.1, -0.05) is 35.9 Å². The molecule has 3 aromatic rings. The zero-order valence-corrected chi connectivity index (χ0v) is 13.3. The first-order valence-corrected chi connectivity index (χ1v) is 8.17. The van der Waals surface area contributed by atoms with Gasteiger partial charge in [-0.2, -0.15) is 0 Å². The van der Waals surface area contributed by atoms with Crippen LogP contribution < -0.4 is 0 Å². The first-order chi connectivity index (χ1) is 11.2. The van der Waals surface area contributed by atoms with Gasteiger partial charge in [-0.05, 0) is 37.1 Å². The molecule has 1 aliphatic rings. The van der Waals surface area contributed by atoms with Crippen LogP contribution in [0.1, 0.15) is 27.2 Å². The van der Waals surface area contributed by atoms with Crippen molar-refractivity contribution in [2.24, 2.45) is 0 Å². The van der Waals surface area contributed by atoms with E-state index >= 15 is 0 Å². The minimum Gasteiger partial charge on any atom is -0.358 e. The minimum atomic E-state index is 0.138. The molecule has 0 radical (unpaired) electrons. The number of amides is 1. The van der Waals surface area contributed by atoms with Crippen molar-refractivity contribution < 1.29 is 4.79 Å². The maximum Gasteiger partial charge on any atom is 0.253 e. The molecule has 2 heterocycles. The fourth-order valence-corrected chi connectivity index (χ4v) is 3.44. The Morgan fingerprint density at radius 3 is 2.57 bits per heavy atom. The summed E-state index contributed by atoms with van der Waals surface area (Å²) in [6.07, 6.45) is 1.80. The maximum atomic E-state index is 12.7. The largest absolute Gasteiger partial charge is 0.358 e. The Kier molecular flexibility index (Phi) is 3.41. The number of aromatic amines is 1. The first kappa shape index (κ1) is 14.1. The van der Waals surface area contributed by atoms with Crippen LogP contribution in [0.5, 0.6) is 0 Å². The minimum absolute atomic E-state index is 0.138. The van der Waals surface area contributed by atoms with Gasteiger partial charge in [0, 0.05) is 41.7 Å². The number of fused-ring (bicyclic) bond motifs is 3. The van der Waals surface area contributed by atoms with E-state index in [1.807, 2.05) is 36.1 Å². The van der Waals surface area contributed by atoms with Crippen molar-refractivity contribution in [2.75, 3.05) is 13.1 Å². The van der Waals surface area contributed by atoms with E-state index in [4.69, 9.17) is 0 Å². The van der Waals surface area contributed by atoms with Crippen molar-refractivity contribution in [3.05, 3.63) is 70.9 Å². The Balaban J connectivity index is 1.58. The highest BCUT2D eigenvalue weighted by molar-refractivity contribution is 5.94. The van der Waals surface area contributed by atoms with Gasteiger partial charge in [0.25, 0.3) is 5.91 Å². The van der Waals surface area contributed by atoms with Gasteiger partial charge in [-0.3, -0.25) is 4.79 Å². The summed E-state index contributed by atoms with van der Waals surface area (Å²) >= 11 is 0. The molecular weight excluding hydrogens is 284 g/mol. The summed E-state index contributed by atoms with van der Waals surface area (Å²) < 4.78 is 0. The molecule has 0 atom stereocenters. The molecule has 3 heteroatoms. The van der Waals surface area contributed by atoms with E-state index in [1.165, 1.54) is 27.7 Å². The normalized spacial score (nSPS) is 14.6. The second-order valence-electron chi connectivity index (χ2n) is 6.29. The quantitative estimate of drug-likeness (QED) is 0.731. The maximum absolute atomic E-state index is 12.7. The van der Waals surface area contributed by atoms with Crippen LogP contribution in [0.3, 0.4) is 0 Å². The van der Waals surface area contributed by atoms with Gasteiger partial charge in [0.05, 0.1) is 0 Å². The molecule has 1 amide bonds. The summed E-state index contributed by atoms with van der Waals surface area (Å²) in [5, 5.41) is 1.30. The van der Waals surface area contributed by atoms with Crippen molar-refractivity contribution in [3.63, 3.8) is 0 Å². The Hall–Kier alpha value is -2.55. The van der Waals surface area contributed by atoms with Crippen LogP contribution in [0, 0.1) is 6.92 Å². The molecule has 3 nitrogen and oxygen atoms in total. The number of hydrogen-bond acceptors (Lipinski definition) is 1. The van der Waals surface area contributed by atoms with E-state index in [2.05, 4.69) is 29.2 Å². The number of benzene rings is 2. The number of aromatic nitrogens is 1. The molecule has 2 aromatic carbocycles. The third-order valence-corrected chi connectivity index (χ3v) is 4.75. The van der Waals surface area contributed by atoms with Gasteiger partial charge in [-0.15, -0.1) is 0 Å². The lowest BCUT2D eigenvalue weighted by molar-refractivity contribution is 0.0763. The number of aryl methyl sites for hydroxylation is 1. The number of nitrogens with zero attached hydrogens (tertiary/aromatic N) is 1. The van der Waals surface area contributed by atoms with Gasteiger partial charge in [0.2, 0.25) is 0 Å². The smallest absolute Gasteiger partial charge is 0.253 e. The Morgan fingerprint density at radius 2 is 1.74 bits per heavy atom. The summed E-state index contributed by atoms with van der Waals surface area (Å²) in [6, 6.07) is 16.3. The highest BCUT2D eigenvalue weighted by Crippen LogP contribution is 2.26. The van der Waals surface area contributed by atoms with E-state index in [0.29, 0.717) is 0 Å². The lowest BCUT2D eigenvalue weighted by atomic mass is 10.1. The number of nitrogens with one attached hydrogen (secondary N) is 1. The molecule has 4 rings (SSSR count). The Morgan fingerprint density at radius 1 is 1.00 bits per heavy atom. The third kappa shape index (κ3) is 2.52. The number of carbonyl (C=O) groups is 1. The number of hydrogen-bond donors (Lipinski definition) is 1. The van der Waals surface area contributed by atoms with E-state index in [-0.39, 0.29) is 5.91 Å². The van der Waals surface area contributed by atoms with Crippen LogP contribution >= 0.6 is 0 Å². The van der Waals surface area contributed by atoms with Crippen molar-refractivity contribution in [1.29, 1.82) is 0 Å². The van der Waals surface area contributed by atoms with E-state index in [9.17, 15) is 4.79 Å². The van der Waals surface area contributed by atoms with E-state index < -0.39 is 0 Å². The average Bonchev–Trinajstić information content (AvgIpc) is 2.79. The van der Waals surface area contributed by atoms with Crippen molar-refractivity contribution in [1.82, 2.24) is 9.88 Å². The van der Waals surface area contributed by atoms with Crippen molar-refractivity contribution in [3.8, 4) is 0 Å². The fourth-order valence-electron chi connectivity index (χ4n) is 3.44. The standard InChI is InChI=1S/C20H20N2O/c1-14-6-8-15(9-7-14)20(23)22-12-10-17-16-4-2-3-5-18(16)21-19(17)11-13-22/h2-9,21H,10-13H2,1H3. The van der Waals surface area contributed by atoms with Crippen LogP contribution in [0.25, 0.3) is 10.9 Å². The lowest BCUT2D eigenvalue weighted by Crippen LogP contribution is -2.33. The van der Waals surface area contributed by atoms with Crippen molar-refractivity contribution >= 4 is 16.8 Å². The molecule has 0 saturated carbocycles. The topological polar surface area (TPSA) is 36.1 Å². The number of H-pyrrole nitrogens is 1. The van der Waals surface area contributed by atoms with Crippen LogP contribution in [-0.4, -0.2) is 28.9 Å². The zero-order valence-electron chi connectivity index (χ0n) is 13.3. The SMILES string of the molecule is Cc1ccc(C(=O)N2CCc3[nH]c4ccccc4c3CC2)cc1. The molecule has 0 aliphatic carbocycles. The Labute approximate surface area is 135 Å². The molecule has 0 unspecified atom stereocenters. The first-order valence-electron chi connectivity index (χ1n) is 8.17. The molecule has 0 spiro atoms. The molecule has 1 N–H and O–H groups in total. The van der Waals surface area contributed by atoms with Crippen LogP contribution in [0.4, 0.5) is 0 Å². The third-order valence-electron chi connectivity index (χ3n) is 4.75. The molecular formula is C20H20N2O. The predicted molar refractivity (Wildman–Crippen MR) is 92.8 cm³/mol. The van der Waals surface area contributed by atoms with Gasteiger partial charge in [0.15, 0.2) is 0 Å². The summed E-state index contributed by atoms with van der Waals surface area (Å²) in [5.74, 6) is 0.138. The summed E-state index contributed by atoms with van der Waals surface area (Å²) in [5.41, 5.74) is 5.82. The summed E-state index contributed by atoms with van der Waals surface area (Å²) in [7, 11) is 0. The number of para-hydroxylation sites is 1. The molecule has 1 aromatic heterocycles. The van der Waals surface area contributed by atoms with Gasteiger partial charge in [0.1, 0.15) is 0 Å². The summed E-state index contributed by atoms with van der Waals surface area (Å²) in [4.78, 5) is 18.2. The Bertz CT molecular complexity index is 861. The highest BCUT2D eigenvalue weighted by Gasteiger charge is 2.22. The molecule has 116 valence electrons. The van der Waals surface area contributed by atoms with Crippen LogP contribution in [0.15, 0.2) is 48.5 Å². The zero-order chi connectivity index (χ0) is 15.8. The van der Waals surface area contributed by atoms with Gasteiger partial charge < -0.3 is 9.88 Å².